The Balaban J connectivity index is 1.43. The van der Waals surface area contributed by atoms with Crippen LogP contribution in [0, 0.1) is 6.92 Å². The monoisotopic (exact) mass is 320 g/mol. The van der Waals surface area contributed by atoms with Gasteiger partial charge in [0.25, 0.3) is 5.91 Å². The summed E-state index contributed by atoms with van der Waals surface area (Å²) in [5.74, 6) is 0.179. The van der Waals surface area contributed by atoms with Crippen molar-refractivity contribution >= 4 is 5.91 Å². The fourth-order valence-corrected chi connectivity index (χ4v) is 4.01. The van der Waals surface area contributed by atoms with Crippen molar-refractivity contribution in [2.24, 2.45) is 0 Å². The van der Waals surface area contributed by atoms with Gasteiger partial charge in [0, 0.05) is 37.8 Å². The van der Waals surface area contributed by atoms with E-state index in [0.29, 0.717) is 6.04 Å². The summed E-state index contributed by atoms with van der Waals surface area (Å²) < 4.78 is 0. The number of carbonyl (C=O) groups is 1. The van der Waals surface area contributed by atoms with E-state index in [4.69, 9.17) is 0 Å². The zero-order chi connectivity index (χ0) is 16.5. The topological polar surface area (TPSA) is 23.6 Å². The Bertz CT molecular complexity index is 755. The van der Waals surface area contributed by atoms with Crippen LogP contribution in [-0.2, 0) is 13.0 Å². The number of benzene rings is 2. The molecule has 1 atom stereocenters. The van der Waals surface area contributed by atoms with Crippen LogP contribution in [0.2, 0.25) is 0 Å². The van der Waals surface area contributed by atoms with Crippen molar-refractivity contribution in [2.45, 2.75) is 32.4 Å². The van der Waals surface area contributed by atoms with Crippen LogP contribution in [-0.4, -0.2) is 41.4 Å². The molecule has 124 valence electrons. The number of hydrogen-bond donors (Lipinski definition) is 0. The molecule has 1 amide bonds. The van der Waals surface area contributed by atoms with Crippen LogP contribution in [0.25, 0.3) is 0 Å². The van der Waals surface area contributed by atoms with E-state index in [-0.39, 0.29) is 5.91 Å². The van der Waals surface area contributed by atoms with Crippen LogP contribution < -0.4 is 0 Å². The molecular formula is C21H24N2O. The minimum Gasteiger partial charge on any atom is -0.337 e. The molecule has 2 heterocycles. The maximum atomic E-state index is 12.7. The van der Waals surface area contributed by atoms with E-state index in [2.05, 4.69) is 29.2 Å². The molecule has 1 saturated heterocycles. The summed E-state index contributed by atoms with van der Waals surface area (Å²) in [6.45, 7) is 5.89. The van der Waals surface area contributed by atoms with Gasteiger partial charge in [-0.3, -0.25) is 9.69 Å². The predicted molar refractivity (Wildman–Crippen MR) is 96.0 cm³/mol. The quantitative estimate of drug-likeness (QED) is 0.848. The molecular weight excluding hydrogens is 296 g/mol. The molecule has 1 fully saturated rings. The average molecular weight is 320 g/mol. The van der Waals surface area contributed by atoms with Crippen molar-refractivity contribution in [3.8, 4) is 0 Å². The zero-order valence-electron chi connectivity index (χ0n) is 14.2. The molecule has 3 nitrogen and oxygen atoms in total. The van der Waals surface area contributed by atoms with Gasteiger partial charge in [0.15, 0.2) is 0 Å². The van der Waals surface area contributed by atoms with Crippen molar-refractivity contribution in [2.75, 3.05) is 19.6 Å². The van der Waals surface area contributed by atoms with Crippen LogP contribution in [0.4, 0.5) is 0 Å². The van der Waals surface area contributed by atoms with Crippen molar-refractivity contribution < 1.29 is 4.79 Å². The SMILES string of the molecule is Cc1cccc(C(=O)N2CC[C@@H](N3CCc4ccccc4C3)C2)c1. The third-order valence-electron chi connectivity index (χ3n) is 5.39. The largest absolute Gasteiger partial charge is 0.337 e. The second-order valence-corrected chi connectivity index (χ2v) is 7.05. The van der Waals surface area contributed by atoms with E-state index in [9.17, 15) is 4.79 Å². The molecule has 0 saturated carbocycles. The van der Waals surface area contributed by atoms with Crippen molar-refractivity contribution in [1.82, 2.24) is 9.80 Å². The lowest BCUT2D eigenvalue weighted by atomic mass is 9.98. The van der Waals surface area contributed by atoms with E-state index in [1.807, 2.05) is 36.1 Å². The Morgan fingerprint density at radius 3 is 2.71 bits per heavy atom. The van der Waals surface area contributed by atoms with E-state index in [1.165, 1.54) is 11.1 Å². The Morgan fingerprint density at radius 2 is 1.88 bits per heavy atom. The van der Waals surface area contributed by atoms with Gasteiger partial charge < -0.3 is 4.90 Å². The molecule has 0 radical (unpaired) electrons. The molecule has 2 aromatic rings. The number of likely N-dealkylation sites (tertiary alicyclic amines) is 1. The average Bonchev–Trinajstić information content (AvgIpc) is 3.11. The molecule has 2 aliphatic rings. The summed E-state index contributed by atoms with van der Waals surface area (Å²) in [6, 6.07) is 17.2. The first-order valence-corrected chi connectivity index (χ1v) is 8.87. The van der Waals surface area contributed by atoms with E-state index in [0.717, 1.165) is 50.1 Å². The van der Waals surface area contributed by atoms with E-state index in [1.54, 1.807) is 0 Å². The Hall–Kier alpha value is -2.13. The standard InChI is InChI=1S/C21H24N2O/c1-16-5-4-8-18(13-16)21(24)23-12-10-20(15-23)22-11-9-17-6-2-3-7-19(17)14-22/h2-8,13,20H,9-12,14-15H2,1H3/t20-/m1/s1. The molecule has 4 rings (SSSR count). The highest BCUT2D eigenvalue weighted by Crippen LogP contribution is 2.25. The maximum absolute atomic E-state index is 12.7. The molecule has 0 aromatic heterocycles. The number of rotatable bonds is 2. The highest BCUT2D eigenvalue weighted by molar-refractivity contribution is 5.94. The van der Waals surface area contributed by atoms with Crippen molar-refractivity contribution in [1.29, 1.82) is 0 Å². The number of fused-ring (bicyclic) bond motifs is 1. The van der Waals surface area contributed by atoms with Gasteiger partial charge in [0.1, 0.15) is 0 Å². The third-order valence-corrected chi connectivity index (χ3v) is 5.39. The van der Waals surface area contributed by atoms with Gasteiger partial charge in [-0.15, -0.1) is 0 Å². The molecule has 2 aromatic carbocycles. The molecule has 0 N–H and O–H groups in total. The summed E-state index contributed by atoms with van der Waals surface area (Å²) in [6.07, 6.45) is 2.21. The van der Waals surface area contributed by atoms with Crippen LogP contribution in [0.5, 0.6) is 0 Å². The first-order chi connectivity index (χ1) is 11.7. The summed E-state index contributed by atoms with van der Waals surface area (Å²) in [7, 11) is 0. The second kappa shape index (κ2) is 6.40. The Morgan fingerprint density at radius 1 is 1.04 bits per heavy atom. The zero-order valence-corrected chi connectivity index (χ0v) is 14.2. The Kier molecular flexibility index (Phi) is 4.11. The predicted octanol–water partition coefficient (Wildman–Crippen LogP) is 3.27. The van der Waals surface area contributed by atoms with Gasteiger partial charge in [-0.2, -0.15) is 0 Å². The van der Waals surface area contributed by atoms with Crippen LogP contribution in [0.15, 0.2) is 48.5 Å². The number of nitrogens with zero attached hydrogens (tertiary/aromatic N) is 2. The third kappa shape index (κ3) is 2.96. The highest BCUT2D eigenvalue weighted by atomic mass is 16.2. The van der Waals surface area contributed by atoms with Gasteiger partial charge >= 0.3 is 0 Å². The Labute approximate surface area is 143 Å². The van der Waals surface area contributed by atoms with Gasteiger partial charge in [-0.25, -0.2) is 0 Å². The summed E-state index contributed by atoms with van der Waals surface area (Å²) in [4.78, 5) is 17.3. The number of amides is 1. The fourth-order valence-electron chi connectivity index (χ4n) is 4.01. The molecule has 0 aliphatic carbocycles. The molecule has 0 bridgehead atoms. The molecule has 0 unspecified atom stereocenters. The second-order valence-electron chi connectivity index (χ2n) is 7.05. The van der Waals surface area contributed by atoms with E-state index < -0.39 is 0 Å². The fraction of sp³-hybridized carbons (Fsp3) is 0.381. The minimum absolute atomic E-state index is 0.179. The summed E-state index contributed by atoms with van der Waals surface area (Å²) in [5.41, 5.74) is 4.90. The van der Waals surface area contributed by atoms with Gasteiger partial charge in [-0.1, -0.05) is 42.0 Å². The lowest BCUT2D eigenvalue weighted by Gasteiger charge is -2.33. The minimum atomic E-state index is 0.179. The molecule has 2 aliphatic heterocycles. The van der Waals surface area contributed by atoms with E-state index >= 15 is 0 Å². The van der Waals surface area contributed by atoms with Crippen LogP contribution in [0.1, 0.15) is 33.5 Å². The number of aryl methyl sites for hydroxylation is 1. The smallest absolute Gasteiger partial charge is 0.253 e. The first kappa shape index (κ1) is 15.4. The lowest BCUT2D eigenvalue weighted by molar-refractivity contribution is 0.0773. The van der Waals surface area contributed by atoms with Crippen molar-refractivity contribution in [3.63, 3.8) is 0 Å². The van der Waals surface area contributed by atoms with Gasteiger partial charge in [0.05, 0.1) is 0 Å². The summed E-state index contributed by atoms with van der Waals surface area (Å²) >= 11 is 0. The number of carbonyl (C=O) groups excluding carboxylic acids is 1. The molecule has 3 heteroatoms. The molecule has 0 spiro atoms. The molecule has 24 heavy (non-hydrogen) atoms. The first-order valence-electron chi connectivity index (χ1n) is 8.87. The lowest BCUT2D eigenvalue weighted by Crippen LogP contribution is -2.41. The van der Waals surface area contributed by atoms with Crippen LogP contribution in [0.3, 0.4) is 0 Å². The van der Waals surface area contributed by atoms with Gasteiger partial charge in [0.2, 0.25) is 0 Å². The summed E-state index contributed by atoms with van der Waals surface area (Å²) in [5, 5.41) is 0. The van der Waals surface area contributed by atoms with Gasteiger partial charge in [-0.05, 0) is 43.0 Å². The highest BCUT2D eigenvalue weighted by Gasteiger charge is 2.32. The normalized spacial score (nSPS) is 20.9. The maximum Gasteiger partial charge on any atom is 0.253 e. The van der Waals surface area contributed by atoms with Crippen molar-refractivity contribution in [3.05, 3.63) is 70.8 Å². The van der Waals surface area contributed by atoms with Crippen LogP contribution >= 0.6 is 0 Å². The number of hydrogen-bond acceptors (Lipinski definition) is 2.